The number of hydrogen-bond acceptors (Lipinski definition) is 2. The molecule has 0 bridgehead atoms. The van der Waals surface area contributed by atoms with E-state index in [0.29, 0.717) is 12.1 Å². The third-order valence-electron chi connectivity index (χ3n) is 4.69. The van der Waals surface area contributed by atoms with Gasteiger partial charge in [-0.25, -0.2) is 9.18 Å². The number of rotatable bonds is 2. The standard InChI is InChI=1S/C16H18FNO3/c1-9-5-11(7-12(17)6-9)15(19)18-8-10-3-2-4-13(10)14(18)16(20)21/h5-7,10,13-14H,2-4,8H2,1H3,(H,20,21). The molecular weight excluding hydrogens is 273 g/mol. The van der Waals surface area contributed by atoms with Crippen LogP contribution in [0.15, 0.2) is 18.2 Å². The Morgan fingerprint density at radius 1 is 1.29 bits per heavy atom. The molecule has 1 aliphatic heterocycles. The van der Waals surface area contributed by atoms with Crippen LogP contribution in [0.4, 0.5) is 4.39 Å². The van der Waals surface area contributed by atoms with E-state index in [-0.39, 0.29) is 23.3 Å². The van der Waals surface area contributed by atoms with Crippen molar-refractivity contribution in [2.24, 2.45) is 11.8 Å². The summed E-state index contributed by atoms with van der Waals surface area (Å²) in [4.78, 5) is 25.6. The molecule has 2 aliphatic rings. The highest BCUT2D eigenvalue weighted by atomic mass is 19.1. The number of nitrogens with zero attached hydrogens (tertiary/aromatic N) is 1. The van der Waals surface area contributed by atoms with Crippen LogP contribution in [-0.2, 0) is 4.79 Å². The zero-order valence-corrected chi connectivity index (χ0v) is 11.9. The van der Waals surface area contributed by atoms with E-state index in [0.717, 1.165) is 19.3 Å². The van der Waals surface area contributed by atoms with Crippen LogP contribution in [0.25, 0.3) is 0 Å². The molecule has 3 rings (SSSR count). The molecule has 1 amide bonds. The largest absolute Gasteiger partial charge is 0.480 e. The van der Waals surface area contributed by atoms with E-state index in [1.807, 2.05) is 0 Å². The molecular formula is C16H18FNO3. The summed E-state index contributed by atoms with van der Waals surface area (Å²) < 4.78 is 13.5. The highest BCUT2D eigenvalue weighted by Crippen LogP contribution is 2.42. The minimum absolute atomic E-state index is 0.0427. The maximum Gasteiger partial charge on any atom is 0.326 e. The molecule has 3 unspecified atom stereocenters. The van der Waals surface area contributed by atoms with Gasteiger partial charge in [0.25, 0.3) is 5.91 Å². The molecule has 0 spiro atoms. The van der Waals surface area contributed by atoms with E-state index in [9.17, 15) is 19.1 Å². The molecule has 0 radical (unpaired) electrons. The lowest BCUT2D eigenvalue weighted by Gasteiger charge is -2.24. The van der Waals surface area contributed by atoms with Crippen LogP contribution in [0.1, 0.15) is 35.2 Å². The molecule has 5 heteroatoms. The molecule has 1 saturated heterocycles. The number of hydrogen-bond donors (Lipinski definition) is 1. The fourth-order valence-corrected chi connectivity index (χ4v) is 3.86. The van der Waals surface area contributed by atoms with Crippen LogP contribution in [0.3, 0.4) is 0 Å². The van der Waals surface area contributed by atoms with E-state index in [4.69, 9.17) is 0 Å². The van der Waals surface area contributed by atoms with Crippen LogP contribution < -0.4 is 0 Å². The summed E-state index contributed by atoms with van der Waals surface area (Å²) in [5, 5.41) is 9.47. The van der Waals surface area contributed by atoms with Crippen LogP contribution in [0.5, 0.6) is 0 Å². The van der Waals surface area contributed by atoms with E-state index in [2.05, 4.69) is 0 Å². The summed E-state index contributed by atoms with van der Waals surface area (Å²) in [6.07, 6.45) is 2.86. The number of halogens is 1. The van der Waals surface area contributed by atoms with Gasteiger partial charge in [0.2, 0.25) is 0 Å². The van der Waals surface area contributed by atoms with Crippen molar-refractivity contribution in [2.45, 2.75) is 32.2 Å². The normalized spacial score (nSPS) is 27.7. The van der Waals surface area contributed by atoms with Crippen molar-refractivity contribution in [2.75, 3.05) is 6.54 Å². The second-order valence-corrected chi connectivity index (χ2v) is 6.11. The minimum Gasteiger partial charge on any atom is -0.480 e. The van der Waals surface area contributed by atoms with Gasteiger partial charge in [0.1, 0.15) is 11.9 Å². The van der Waals surface area contributed by atoms with Gasteiger partial charge in [-0.1, -0.05) is 6.42 Å². The predicted octanol–water partition coefficient (Wildman–Crippen LogP) is 2.46. The van der Waals surface area contributed by atoms with Gasteiger partial charge in [-0.15, -0.1) is 0 Å². The Labute approximate surface area is 122 Å². The highest BCUT2D eigenvalue weighted by molar-refractivity contribution is 5.97. The van der Waals surface area contributed by atoms with Crippen molar-refractivity contribution in [3.63, 3.8) is 0 Å². The maximum atomic E-state index is 13.5. The molecule has 0 aromatic heterocycles. The van der Waals surface area contributed by atoms with Gasteiger partial charge in [-0.05, 0) is 55.4 Å². The number of amides is 1. The smallest absolute Gasteiger partial charge is 0.326 e. The number of likely N-dealkylation sites (tertiary alicyclic amines) is 1. The molecule has 112 valence electrons. The molecule has 1 aromatic rings. The first-order valence-corrected chi connectivity index (χ1v) is 7.28. The summed E-state index contributed by atoms with van der Waals surface area (Å²) in [5.74, 6) is -1.49. The van der Waals surface area contributed by atoms with E-state index in [1.54, 1.807) is 13.0 Å². The highest BCUT2D eigenvalue weighted by Gasteiger charge is 2.49. The number of carbonyl (C=O) groups excluding carboxylic acids is 1. The van der Waals surface area contributed by atoms with Gasteiger partial charge in [0.05, 0.1) is 0 Å². The Morgan fingerprint density at radius 3 is 2.71 bits per heavy atom. The Morgan fingerprint density at radius 2 is 2.05 bits per heavy atom. The Kier molecular flexibility index (Phi) is 3.43. The molecule has 1 aromatic carbocycles. The summed E-state index contributed by atoms with van der Waals surface area (Å²) in [6.45, 7) is 2.18. The number of carboxylic acid groups (broad SMARTS) is 1. The van der Waals surface area contributed by atoms with Crippen LogP contribution >= 0.6 is 0 Å². The minimum atomic E-state index is -0.953. The maximum absolute atomic E-state index is 13.5. The third kappa shape index (κ3) is 2.41. The number of benzene rings is 1. The molecule has 4 nitrogen and oxygen atoms in total. The molecule has 1 heterocycles. The zero-order chi connectivity index (χ0) is 15.1. The number of carboxylic acids is 1. The van der Waals surface area contributed by atoms with Gasteiger partial charge in [-0.3, -0.25) is 4.79 Å². The van der Waals surface area contributed by atoms with Gasteiger partial charge in [-0.2, -0.15) is 0 Å². The number of aryl methyl sites for hydroxylation is 1. The van der Waals surface area contributed by atoms with Gasteiger partial charge in [0.15, 0.2) is 0 Å². The lowest BCUT2D eigenvalue weighted by molar-refractivity contribution is -0.142. The van der Waals surface area contributed by atoms with E-state index in [1.165, 1.54) is 17.0 Å². The van der Waals surface area contributed by atoms with Crippen molar-refractivity contribution in [1.29, 1.82) is 0 Å². The molecule has 1 saturated carbocycles. The number of aliphatic carboxylic acids is 1. The van der Waals surface area contributed by atoms with Crippen LogP contribution in [-0.4, -0.2) is 34.5 Å². The summed E-state index contributed by atoms with van der Waals surface area (Å²) in [5.41, 5.74) is 0.892. The van der Waals surface area contributed by atoms with Gasteiger partial charge in [0, 0.05) is 12.1 Å². The van der Waals surface area contributed by atoms with Crippen molar-refractivity contribution in [1.82, 2.24) is 4.90 Å². The average Bonchev–Trinajstić information content (AvgIpc) is 2.95. The first kappa shape index (κ1) is 14.0. The summed E-state index contributed by atoms with van der Waals surface area (Å²) >= 11 is 0. The second kappa shape index (κ2) is 5.13. The van der Waals surface area contributed by atoms with Crippen molar-refractivity contribution in [3.8, 4) is 0 Å². The third-order valence-corrected chi connectivity index (χ3v) is 4.69. The Hall–Kier alpha value is -1.91. The summed E-state index contributed by atoms with van der Waals surface area (Å²) in [6, 6.07) is 3.37. The topological polar surface area (TPSA) is 57.6 Å². The fraction of sp³-hybridized carbons (Fsp3) is 0.500. The molecule has 1 N–H and O–H groups in total. The number of fused-ring (bicyclic) bond motifs is 1. The quantitative estimate of drug-likeness (QED) is 0.910. The summed E-state index contributed by atoms with van der Waals surface area (Å²) in [7, 11) is 0. The Bertz CT molecular complexity index is 581. The van der Waals surface area contributed by atoms with E-state index >= 15 is 0 Å². The predicted molar refractivity (Wildman–Crippen MR) is 74.4 cm³/mol. The lowest BCUT2D eigenvalue weighted by Crippen LogP contribution is -2.43. The lowest BCUT2D eigenvalue weighted by atomic mass is 9.94. The Balaban J connectivity index is 1.91. The molecule has 2 fully saturated rings. The van der Waals surface area contributed by atoms with Crippen LogP contribution in [0.2, 0.25) is 0 Å². The van der Waals surface area contributed by atoms with Gasteiger partial charge < -0.3 is 10.0 Å². The fourth-order valence-electron chi connectivity index (χ4n) is 3.86. The monoisotopic (exact) mass is 291 g/mol. The average molecular weight is 291 g/mol. The van der Waals surface area contributed by atoms with Crippen LogP contribution in [0, 0.1) is 24.6 Å². The first-order valence-electron chi connectivity index (χ1n) is 7.28. The first-order chi connectivity index (χ1) is 9.97. The number of carbonyl (C=O) groups is 2. The van der Waals surface area contributed by atoms with E-state index < -0.39 is 17.8 Å². The van der Waals surface area contributed by atoms with Crippen molar-refractivity contribution in [3.05, 3.63) is 35.1 Å². The second-order valence-electron chi connectivity index (χ2n) is 6.11. The SMILES string of the molecule is Cc1cc(F)cc(C(=O)N2CC3CCCC3C2C(=O)O)c1. The molecule has 3 atom stereocenters. The zero-order valence-electron chi connectivity index (χ0n) is 11.9. The van der Waals surface area contributed by atoms with Crippen molar-refractivity contribution >= 4 is 11.9 Å². The van der Waals surface area contributed by atoms with Gasteiger partial charge >= 0.3 is 5.97 Å². The van der Waals surface area contributed by atoms with Crippen molar-refractivity contribution < 1.29 is 19.1 Å². The molecule has 21 heavy (non-hydrogen) atoms. The molecule has 1 aliphatic carbocycles.